The summed E-state index contributed by atoms with van der Waals surface area (Å²) in [5.74, 6) is -2.15. The van der Waals surface area contributed by atoms with Gasteiger partial charge >= 0.3 is 17.9 Å². The lowest BCUT2D eigenvalue weighted by atomic mass is 9.74. The Hall–Kier alpha value is -1.59. The van der Waals surface area contributed by atoms with E-state index in [9.17, 15) is 24.6 Å². The highest BCUT2D eigenvalue weighted by Gasteiger charge is 2.36. The van der Waals surface area contributed by atoms with Crippen LogP contribution in [-0.4, -0.2) is 34.2 Å². The zero-order valence-electron chi connectivity index (χ0n) is 20.8. The molecule has 1 unspecified atom stereocenters. The van der Waals surface area contributed by atoms with Crippen molar-refractivity contribution in [1.82, 2.24) is 0 Å². The normalized spacial score (nSPS) is 12.5. The Labute approximate surface area is 195 Å². The van der Waals surface area contributed by atoms with E-state index in [2.05, 4.69) is 20.8 Å². The van der Waals surface area contributed by atoms with Gasteiger partial charge in [0.25, 0.3) is 0 Å². The first kappa shape index (κ1) is 30.4. The summed E-state index contributed by atoms with van der Waals surface area (Å²) in [6.07, 6.45) is 13.9. The van der Waals surface area contributed by atoms with Crippen molar-refractivity contribution in [2.24, 2.45) is 5.41 Å². The van der Waals surface area contributed by atoms with Gasteiger partial charge in [-0.05, 0) is 38.5 Å². The van der Waals surface area contributed by atoms with Crippen LogP contribution >= 0.6 is 0 Å². The van der Waals surface area contributed by atoms with E-state index in [1.807, 2.05) is 0 Å². The maximum absolute atomic E-state index is 12.0. The van der Waals surface area contributed by atoms with Crippen molar-refractivity contribution < 1.29 is 29.3 Å². The van der Waals surface area contributed by atoms with Gasteiger partial charge in [0.05, 0.1) is 5.41 Å². The second kappa shape index (κ2) is 18.9. The molecule has 0 rings (SSSR count). The molecule has 0 saturated carbocycles. The van der Waals surface area contributed by atoms with Gasteiger partial charge in [0.2, 0.25) is 0 Å². The van der Waals surface area contributed by atoms with Gasteiger partial charge in [-0.1, -0.05) is 91.4 Å². The Kier molecular flexibility index (Phi) is 18.0. The molecular weight excluding hydrogens is 408 g/mol. The summed E-state index contributed by atoms with van der Waals surface area (Å²) in [4.78, 5) is 35.3. The molecule has 0 fully saturated rings. The standard InChI is InChI=1S/C26H48O6/c1-4-7-10-14-17-22(24(28)29)32-23(27)18-15-12-11-13-16-21-26(25(30)31,19-8-5-2)20-9-6-3/h22H,4-21H2,1-3H3,(H,28,29)(H,30,31). The highest BCUT2D eigenvalue weighted by atomic mass is 16.6. The molecule has 0 heterocycles. The molecule has 0 radical (unpaired) electrons. The lowest BCUT2D eigenvalue weighted by Crippen LogP contribution is -2.31. The number of hydrogen-bond acceptors (Lipinski definition) is 4. The Balaban J connectivity index is 4.20. The van der Waals surface area contributed by atoms with Gasteiger partial charge in [-0.3, -0.25) is 9.59 Å². The van der Waals surface area contributed by atoms with Crippen LogP contribution in [0.5, 0.6) is 0 Å². The Morgan fingerprint density at radius 1 is 0.688 bits per heavy atom. The highest BCUT2D eigenvalue weighted by Crippen LogP contribution is 2.37. The van der Waals surface area contributed by atoms with E-state index in [0.717, 1.165) is 96.3 Å². The predicted molar refractivity (Wildman–Crippen MR) is 128 cm³/mol. The molecule has 0 spiro atoms. The number of carbonyl (C=O) groups is 3. The summed E-state index contributed by atoms with van der Waals surface area (Å²) in [6, 6.07) is 0. The van der Waals surface area contributed by atoms with Gasteiger partial charge < -0.3 is 14.9 Å². The molecule has 0 aromatic rings. The molecule has 6 heteroatoms. The van der Waals surface area contributed by atoms with Crippen LogP contribution in [0.4, 0.5) is 0 Å². The van der Waals surface area contributed by atoms with E-state index in [0.29, 0.717) is 12.8 Å². The predicted octanol–water partition coefficient (Wildman–Crippen LogP) is 7.14. The number of hydrogen-bond donors (Lipinski definition) is 2. The van der Waals surface area contributed by atoms with Gasteiger partial charge in [-0.2, -0.15) is 0 Å². The molecule has 32 heavy (non-hydrogen) atoms. The molecule has 188 valence electrons. The number of rotatable bonds is 22. The maximum atomic E-state index is 12.0. The second-order valence-corrected chi connectivity index (χ2v) is 9.23. The average Bonchev–Trinajstić information content (AvgIpc) is 2.76. The van der Waals surface area contributed by atoms with Crippen molar-refractivity contribution in [2.75, 3.05) is 0 Å². The maximum Gasteiger partial charge on any atom is 0.345 e. The smallest absolute Gasteiger partial charge is 0.345 e. The van der Waals surface area contributed by atoms with Crippen molar-refractivity contribution in [2.45, 2.75) is 142 Å². The zero-order valence-corrected chi connectivity index (χ0v) is 20.8. The second-order valence-electron chi connectivity index (χ2n) is 9.23. The van der Waals surface area contributed by atoms with E-state index in [1.54, 1.807) is 0 Å². The van der Waals surface area contributed by atoms with Crippen molar-refractivity contribution >= 4 is 17.9 Å². The lowest BCUT2D eigenvalue weighted by molar-refractivity contribution is -0.164. The van der Waals surface area contributed by atoms with E-state index in [-0.39, 0.29) is 6.42 Å². The largest absolute Gasteiger partial charge is 0.481 e. The summed E-state index contributed by atoms with van der Waals surface area (Å²) in [5.41, 5.74) is -0.585. The fourth-order valence-corrected chi connectivity index (χ4v) is 4.20. The van der Waals surface area contributed by atoms with E-state index >= 15 is 0 Å². The van der Waals surface area contributed by atoms with Gasteiger partial charge in [0.1, 0.15) is 0 Å². The molecule has 0 aromatic heterocycles. The van der Waals surface area contributed by atoms with Gasteiger partial charge in [-0.25, -0.2) is 4.79 Å². The summed E-state index contributed by atoms with van der Waals surface area (Å²) >= 11 is 0. The first-order valence-electron chi connectivity index (χ1n) is 13.0. The van der Waals surface area contributed by atoms with Crippen LogP contribution in [0, 0.1) is 5.41 Å². The number of carboxylic acid groups (broad SMARTS) is 2. The summed E-state index contributed by atoms with van der Waals surface area (Å²) in [7, 11) is 0. The van der Waals surface area contributed by atoms with Crippen LogP contribution in [0.25, 0.3) is 0 Å². The molecule has 0 aliphatic carbocycles. The summed E-state index contributed by atoms with van der Waals surface area (Å²) < 4.78 is 5.16. The Morgan fingerprint density at radius 3 is 1.72 bits per heavy atom. The van der Waals surface area contributed by atoms with Crippen LogP contribution in [0.2, 0.25) is 0 Å². The fourth-order valence-electron chi connectivity index (χ4n) is 4.20. The molecule has 0 aliphatic heterocycles. The lowest BCUT2D eigenvalue weighted by Gasteiger charge is -2.29. The minimum atomic E-state index is -1.07. The molecule has 6 nitrogen and oxygen atoms in total. The Morgan fingerprint density at radius 2 is 1.19 bits per heavy atom. The first-order valence-corrected chi connectivity index (χ1v) is 13.0. The monoisotopic (exact) mass is 456 g/mol. The molecule has 0 aliphatic rings. The van der Waals surface area contributed by atoms with Crippen molar-refractivity contribution in [3.63, 3.8) is 0 Å². The van der Waals surface area contributed by atoms with Crippen molar-refractivity contribution in [3.8, 4) is 0 Å². The van der Waals surface area contributed by atoms with Crippen LogP contribution in [0.1, 0.15) is 136 Å². The van der Waals surface area contributed by atoms with Crippen LogP contribution in [-0.2, 0) is 19.1 Å². The fraction of sp³-hybridized carbons (Fsp3) is 0.885. The zero-order chi connectivity index (χ0) is 24.2. The average molecular weight is 457 g/mol. The van der Waals surface area contributed by atoms with Crippen LogP contribution < -0.4 is 0 Å². The topological polar surface area (TPSA) is 101 Å². The van der Waals surface area contributed by atoms with Crippen molar-refractivity contribution in [3.05, 3.63) is 0 Å². The molecule has 0 aromatic carbocycles. The van der Waals surface area contributed by atoms with Crippen molar-refractivity contribution in [1.29, 1.82) is 0 Å². The van der Waals surface area contributed by atoms with Gasteiger partial charge in [0, 0.05) is 6.42 Å². The molecule has 1 atom stereocenters. The summed E-state index contributed by atoms with van der Waals surface area (Å²) in [5, 5.41) is 19.1. The van der Waals surface area contributed by atoms with E-state index in [4.69, 9.17) is 4.74 Å². The third-order valence-corrected chi connectivity index (χ3v) is 6.38. The van der Waals surface area contributed by atoms with Crippen LogP contribution in [0.3, 0.4) is 0 Å². The third-order valence-electron chi connectivity index (χ3n) is 6.38. The minimum absolute atomic E-state index is 0.241. The number of ether oxygens (including phenoxy) is 1. The Bertz CT molecular complexity index is 508. The molecule has 0 saturated heterocycles. The highest BCUT2D eigenvalue weighted by molar-refractivity contribution is 5.77. The number of carboxylic acids is 2. The third kappa shape index (κ3) is 13.7. The van der Waals surface area contributed by atoms with E-state index < -0.39 is 29.4 Å². The molecule has 0 amide bonds. The quantitative estimate of drug-likeness (QED) is 0.133. The number of carbonyl (C=O) groups excluding carboxylic acids is 1. The van der Waals surface area contributed by atoms with Gasteiger partial charge in [-0.15, -0.1) is 0 Å². The number of aliphatic carboxylic acids is 2. The first-order chi connectivity index (χ1) is 15.3. The van der Waals surface area contributed by atoms with E-state index in [1.165, 1.54) is 0 Å². The molecule has 0 bridgehead atoms. The number of unbranched alkanes of at least 4 members (excludes halogenated alkanes) is 9. The van der Waals surface area contributed by atoms with Crippen LogP contribution in [0.15, 0.2) is 0 Å². The van der Waals surface area contributed by atoms with Gasteiger partial charge in [0.15, 0.2) is 6.10 Å². The summed E-state index contributed by atoms with van der Waals surface area (Å²) in [6.45, 7) is 6.29. The minimum Gasteiger partial charge on any atom is -0.481 e. The molecular formula is C26H48O6. The molecule has 2 N–H and O–H groups in total. The SMILES string of the molecule is CCCCCCC(OC(=O)CCCCCCCC(CCCC)(CCCC)C(=O)O)C(=O)O. The number of esters is 1.